The number of hydrogen-bond donors (Lipinski definition) is 1. The summed E-state index contributed by atoms with van der Waals surface area (Å²) >= 11 is 2.21. The monoisotopic (exact) mass is 398 g/mol. The summed E-state index contributed by atoms with van der Waals surface area (Å²) in [6, 6.07) is 3.79. The van der Waals surface area contributed by atoms with Gasteiger partial charge in [0.1, 0.15) is 11.6 Å². The van der Waals surface area contributed by atoms with E-state index in [1.165, 1.54) is 0 Å². The molecule has 2 aromatic rings. The van der Waals surface area contributed by atoms with Crippen molar-refractivity contribution in [2.24, 2.45) is 0 Å². The molecule has 0 aliphatic rings. The Labute approximate surface area is 138 Å². The van der Waals surface area contributed by atoms with E-state index in [0.29, 0.717) is 23.9 Å². The van der Waals surface area contributed by atoms with Crippen LogP contribution in [0.1, 0.15) is 37.9 Å². The smallest absolute Gasteiger partial charge is 0.212 e. The number of methoxy groups -OCH3 is 1. The second kappa shape index (κ2) is 6.13. The average molecular weight is 398 g/mol. The number of anilines is 1. The fourth-order valence-electron chi connectivity index (χ4n) is 1.91. The number of hydrogen-bond acceptors (Lipinski definition) is 5. The highest BCUT2D eigenvalue weighted by molar-refractivity contribution is 14.1. The Kier molecular flexibility index (Phi) is 4.65. The Hall–Kier alpha value is -1.44. The summed E-state index contributed by atoms with van der Waals surface area (Å²) in [6.45, 7) is 6.36. The zero-order valence-corrected chi connectivity index (χ0v) is 14.8. The van der Waals surface area contributed by atoms with E-state index in [0.717, 1.165) is 14.8 Å². The van der Waals surface area contributed by atoms with Gasteiger partial charge in [-0.1, -0.05) is 26.8 Å². The summed E-state index contributed by atoms with van der Waals surface area (Å²) in [4.78, 5) is 13.3. The quantitative estimate of drug-likeness (QED) is 0.805. The first-order valence-corrected chi connectivity index (χ1v) is 7.70. The predicted octanol–water partition coefficient (Wildman–Crippen LogP) is 2.96. The number of aromatic nitrogens is 3. The molecule has 6 heteroatoms. The zero-order chi connectivity index (χ0) is 15.6. The van der Waals surface area contributed by atoms with E-state index in [1.807, 2.05) is 12.1 Å². The van der Waals surface area contributed by atoms with Crippen LogP contribution in [0.3, 0.4) is 0 Å². The van der Waals surface area contributed by atoms with Crippen LogP contribution >= 0.6 is 22.6 Å². The van der Waals surface area contributed by atoms with E-state index < -0.39 is 0 Å². The molecule has 21 heavy (non-hydrogen) atoms. The number of nitrogen functional groups attached to an aromatic ring is 1. The van der Waals surface area contributed by atoms with Crippen molar-refractivity contribution in [3.63, 3.8) is 0 Å². The normalized spacial score (nSPS) is 11.5. The maximum Gasteiger partial charge on any atom is 0.212 e. The van der Waals surface area contributed by atoms with E-state index in [4.69, 9.17) is 10.5 Å². The van der Waals surface area contributed by atoms with E-state index >= 15 is 0 Å². The summed E-state index contributed by atoms with van der Waals surface area (Å²) < 4.78 is 5.98. The molecule has 0 atom stereocenters. The van der Waals surface area contributed by atoms with Crippen LogP contribution in [0, 0.1) is 3.57 Å². The van der Waals surface area contributed by atoms with Crippen LogP contribution in [0.4, 0.5) is 5.82 Å². The van der Waals surface area contributed by atoms with Gasteiger partial charge < -0.3 is 10.5 Å². The molecule has 0 radical (unpaired) electrons. The Balaban J connectivity index is 2.33. The van der Waals surface area contributed by atoms with Gasteiger partial charge in [0.2, 0.25) is 5.88 Å². The molecule has 2 rings (SSSR count). The molecule has 0 saturated carbocycles. The van der Waals surface area contributed by atoms with Gasteiger partial charge in [-0.15, -0.1) is 0 Å². The third-order valence-corrected chi connectivity index (χ3v) is 4.07. The first-order valence-electron chi connectivity index (χ1n) is 6.62. The van der Waals surface area contributed by atoms with E-state index in [1.54, 1.807) is 13.3 Å². The predicted molar refractivity (Wildman–Crippen MR) is 91.5 cm³/mol. The Morgan fingerprint density at radius 2 is 1.95 bits per heavy atom. The molecule has 0 saturated heterocycles. The Morgan fingerprint density at radius 1 is 1.24 bits per heavy atom. The van der Waals surface area contributed by atoms with Gasteiger partial charge in [-0.3, -0.25) is 0 Å². The van der Waals surface area contributed by atoms with Crippen LogP contribution in [0.5, 0.6) is 5.88 Å². The van der Waals surface area contributed by atoms with Crippen LogP contribution in [-0.2, 0) is 11.8 Å². The molecular formula is C15H19IN4O. The number of ether oxygens (including phenoxy) is 1. The number of nitrogens with two attached hydrogens (primary N) is 1. The summed E-state index contributed by atoms with van der Waals surface area (Å²) in [5.74, 6) is 1.84. The lowest BCUT2D eigenvalue weighted by Gasteiger charge is -2.21. The van der Waals surface area contributed by atoms with Crippen molar-refractivity contribution in [2.75, 3.05) is 12.8 Å². The van der Waals surface area contributed by atoms with Crippen molar-refractivity contribution in [3.05, 3.63) is 39.0 Å². The molecule has 5 nitrogen and oxygen atoms in total. The largest absolute Gasteiger partial charge is 0.481 e. The van der Waals surface area contributed by atoms with Gasteiger partial charge in [-0.25, -0.2) is 15.0 Å². The third-order valence-electron chi connectivity index (χ3n) is 3.00. The summed E-state index contributed by atoms with van der Waals surface area (Å²) in [5, 5.41) is 0. The van der Waals surface area contributed by atoms with Gasteiger partial charge >= 0.3 is 0 Å². The number of nitrogens with zero attached hydrogens (tertiary/aromatic N) is 3. The standard InChI is InChI=1S/C15H19IN4O/c1-15(2,3)13-12(16)14(17)20-10(19-13)7-9-5-6-11(21-4)18-8-9/h5-6,8H,7H2,1-4H3,(H2,17,19,20). The first kappa shape index (κ1) is 15.9. The van der Waals surface area contributed by atoms with Crippen LogP contribution in [0.25, 0.3) is 0 Å². The second-order valence-electron chi connectivity index (χ2n) is 5.82. The van der Waals surface area contributed by atoms with E-state index in [2.05, 4.69) is 58.3 Å². The first-order chi connectivity index (χ1) is 9.81. The maximum absolute atomic E-state index is 6.02. The fraction of sp³-hybridized carbons (Fsp3) is 0.400. The second-order valence-corrected chi connectivity index (χ2v) is 6.90. The lowest BCUT2D eigenvalue weighted by molar-refractivity contribution is 0.397. The number of pyridine rings is 1. The summed E-state index contributed by atoms with van der Waals surface area (Å²) in [6.07, 6.45) is 2.37. The van der Waals surface area contributed by atoms with Crippen LogP contribution in [0.15, 0.2) is 18.3 Å². The van der Waals surface area contributed by atoms with Crippen molar-refractivity contribution in [2.45, 2.75) is 32.6 Å². The van der Waals surface area contributed by atoms with Gasteiger partial charge in [0.25, 0.3) is 0 Å². The van der Waals surface area contributed by atoms with Crippen molar-refractivity contribution in [1.82, 2.24) is 15.0 Å². The molecule has 0 aromatic carbocycles. The van der Waals surface area contributed by atoms with Crippen LogP contribution in [-0.4, -0.2) is 22.1 Å². The summed E-state index contributed by atoms with van der Waals surface area (Å²) in [5.41, 5.74) is 7.96. The molecule has 112 valence electrons. The molecule has 2 aromatic heterocycles. The minimum absolute atomic E-state index is 0.0690. The Bertz CT molecular complexity index is 635. The van der Waals surface area contributed by atoms with Crippen LogP contribution in [0.2, 0.25) is 0 Å². The molecule has 2 N–H and O–H groups in total. The minimum Gasteiger partial charge on any atom is -0.481 e. The SMILES string of the molecule is COc1ccc(Cc2nc(N)c(I)c(C(C)(C)C)n2)cn1. The molecular weight excluding hydrogens is 379 g/mol. The molecule has 0 bridgehead atoms. The van der Waals surface area contributed by atoms with Gasteiger partial charge in [0.15, 0.2) is 0 Å². The van der Waals surface area contributed by atoms with Crippen molar-refractivity contribution >= 4 is 28.4 Å². The van der Waals surface area contributed by atoms with Gasteiger partial charge in [-0.05, 0) is 28.2 Å². The van der Waals surface area contributed by atoms with Crippen molar-refractivity contribution in [1.29, 1.82) is 0 Å². The molecule has 0 unspecified atom stereocenters. The molecule has 2 heterocycles. The fourth-order valence-corrected chi connectivity index (χ4v) is 2.96. The molecule has 0 aliphatic heterocycles. The van der Waals surface area contributed by atoms with Gasteiger partial charge in [0, 0.05) is 24.1 Å². The molecule has 0 spiro atoms. The van der Waals surface area contributed by atoms with Crippen molar-refractivity contribution < 1.29 is 4.74 Å². The van der Waals surface area contributed by atoms with E-state index in [9.17, 15) is 0 Å². The highest BCUT2D eigenvalue weighted by atomic mass is 127. The third kappa shape index (κ3) is 3.81. The minimum atomic E-state index is -0.0690. The molecule has 0 amide bonds. The highest BCUT2D eigenvalue weighted by Crippen LogP contribution is 2.28. The van der Waals surface area contributed by atoms with Crippen LogP contribution < -0.4 is 10.5 Å². The summed E-state index contributed by atoms with van der Waals surface area (Å²) in [7, 11) is 1.60. The topological polar surface area (TPSA) is 73.9 Å². The zero-order valence-electron chi connectivity index (χ0n) is 12.6. The maximum atomic E-state index is 6.02. The lowest BCUT2D eigenvalue weighted by Crippen LogP contribution is -2.19. The Morgan fingerprint density at radius 3 is 2.48 bits per heavy atom. The van der Waals surface area contributed by atoms with E-state index in [-0.39, 0.29) is 5.41 Å². The number of halogens is 1. The highest BCUT2D eigenvalue weighted by Gasteiger charge is 2.22. The number of rotatable bonds is 3. The lowest BCUT2D eigenvalue weighted by atomic mass is 9.92. The van der Waals surface area contributed by atoms with Gasteiger partial charge in [0.05, 0.1) is 16.4 Å². The average Bonchev–Trinajstić information content (AvgIpc) is 2.42. The molecule has 0 fully saturated rings. The van der Waals surface area contributed by atoms with Gasteiger partial charge in [-0.2, -0.15) is 0 Å². The molecule has 0 aliphatic carbocycles. The van der Waals surface area contributed by atoms with Crippen molar-refractivity contribution in [3.8, 4) is 5.88 Å².